The Morgan fingerprint density at radius 3 is 1.44 bits per heavy atom. The van der Waals surface area contributed by atoms with Crippen molar-refractivity contribution in [3.05, 3.63) is 29.5 Å². The number of allylic oxidation sites excluding steroid dienone is 3. The van der Waals surface area contributed by atoms with Crippen molar-refractivity contribution in [2.45, 2.75) is 116 Å². The maximum Gasteiger partial charge on any atom is 0.0857 e. The van der Waals surface area contributed by atoms with Crippen LogP contribution in [0.2, 0.25) is 0 Å². The first-order chi connectivity index (χ1) is 13.4. The van der Waals surface area contributed by atoms with Crippen LogP contribution < -0.4 is 5.32 Å². The Balaban J connectivity index is 1.55. The lowest BCUT2D eigenvalue weighted by Crippen LogP contribution is -2.33. The molecule has 151 valence electrons. The molecule has 1 N–H and O–H groups in total. The molecule has 3 aliphatic carbocycles. The number of hydrogen-bond donors (Lipinski definition) is 1. The lowest BCUT2D eigenvalue weighted by molar-refractivity contribution is 0.422. The van der Waals surface area contributed by atoms with E-state index >= 15 is 0 Å². The summed E-state index contributed by atoms with van der Waals surface area (Å²) in [6, 6.07) is 1.61. The van der Waals surface area contributed by atoms with Gasteiger partial charge in [-0.25, -0.2) is 0 Å². The van der Waals surface area contributed by atoms with Crippen molar-refractivity contribution < 1.29 is 0 Å². The van der Waals surface area contributed by atoms with E-state index in [-0.39, 0.29) is 0 Å². The van der Waals surface area contributed by atoms with Crippen molar-refractivity contribution in [3.63, 3.8) is 0 Å². The third-order valence-electron chi connectivity index (χ3n) is 7.85. The molecule has 27 heavy (non-hydrogen) atoms. The number of nitrogens with one attached hydrogen (secondary N) is 1. The number of rotatable bonds is 3. The fraction of sp³-hybridized carbons (Fsp3) is 0.808. The minimum Gasteiger partial charge on any atom is -0.376 e. The molecule has 0 unspecified atom stereocenters. The van der Waals surface area contributed by atoms with E-state index < -0.39 is 0 Å². The summed E-state index contributed by atoms with van der Waals surface area (Å²) in [5.74, 6) is 2.42. The Morgan fingerprint density at radius 2 is 0.926 bits per heavy atom. The Labute approximate surface area is 168 Å². The first kappa shape index (κ1) is 19.6. The molecule has 1 heteroatoms. The van der Waals surface area contributed by atoms with Gasteiger partial charge in [0.2, 0.25) is 0 Å². The van der Waals surface area contributed by atoms with Crippen molar-refractivity contribution in [2.75, 3.05) is 0 Å². The quantitative estimate of drug-likeness (QED) is 0.500. The SMILES string of the molecule is C1=C(C2CCCCCC2)C=C(C2CCCCCC2)N[C]1C1CCCCCC1. The predicted molar refractivity (Wildman–Crippen MR) is 116 cm³/mol. The lowest BCUT2D eigenvalue weighted by atomic mass is 9.81. The van der Waals surface area contributed by atoms with Gasteiger partial charge in [-0.1, -0.05) is 83.1 Å². The summed E-state index contributed by atoms with van der Waals surface area (Å²) >= 11 is 0. The second-order valence-corrected chi connectivity index (χ2v) is 9.89. The summed E-state index contributed by atoms with van der Waals surface area (Å²) < 4.78 is 0. The van der Waals surface area contributed by atoms with Crippen LogP contribution in [0.1, 0.15) is 116 Å². The molecule has 4 aliphatic rings. The minimum absolute atomic E-state index is 0.794. The first-order valence-electron chi connectivity index (χ1n) is 12.5. The molecule has 0 saturated heterocycles. The van der Waals surface area contributed by atoms with E-state index in [0.717, 1.165) is 17.8 Å². The van der Waals surface area contributed by atoms with Gasteiger partial charge in [-0.2, -0.15) is 0 Å². The molecule has 3 saturated carbocycles. The molecule has 0 spiro atoms. The normalized spacial score (nSPS) is 28.4. The van der Waals surface area contributed by atoms with Gasteiger partial charge >= 0.3 is 0 Å². The van der Waals surface area contributed by atoms with Gasteiger partial charge < -0.3 is 5.32 Å². The molecular weight excluding hydrogens is 326 g/mol. The van der Waals surface area contributed by atoms with Crippen LogP contribution in [-0.2, 0) is 0 Å². The largest absolute Gasteiger partial charge is 0.376 e. The van der Waals surface area contributed by atoms with Crippen LogP contribution in [-0.4, -0.2) is 0 Å². The summed E-state index contributed by atoms with van der Waals surface area (Å²) in [7, 11) is 0. The molecule has 1 nitrogen and oxygen atoms in total. The molecule has 0 atom stereocenters. The van der Waals surface area contributed by atoms with E-state index in [1.807, 2.05) is 0 Å². The van der Waals surface area contributed by atoms with Crippen molar-refractivity contribution in [3.8, 4) is 0 Å². The zero-order valence-corrected chi connectivity index (χ0v) is 17.6. The van der Waals surface area contributed by atoms with E-state index in [2.05, 4.69) is 17.5 Å². The van der Waals surface area contributed by atoms with Gasteiger partial charge in [0.1, 0.15) is 0 Å². The van der Waals surface area contributed by atoms with Gasteiger partial charge in [0, 0.05) is 5.70 Å². The van der Waals surface area contributed by atoms with Gasteiger partial charge in [-0.15, -0.1) is 0 Å². The van der Waals surface area contributed by atoms with E-state index in [1.54, 1.807) is 17.3 Å². The number of dihydropyridines is 1. The molecule has 0 bridgehead atoms. The van der Waals surface area contributed by atoms with Crippen LogP contribution in [0.15, 0.2) is 23.4 Å². The fourth-order valence-electron chi connectivity index (χ4n) is 6.11. The number of hydrogen-bond acceptors (Lipinski definition) is 1. The first-order valence-corrected chi connectivity index (χ1v) is 12.5. The summed E-state index contributed by atoms with van der Waals surface area (Å²) in [5.41, 5.74) is 3.31. The van der Waals surface area contributed by atoms with Crippen LogP contribution in [0.3, 0.4) is 0 Å². The molecule has 0 aromatic carbocycles. The van der Waals surface area contributed by atoms with Crippen LogP contribution in [0.25, 0.3) is 0 Å². The highest BCUT2D eigenvalue weighted by Crippen LogP contribution is 2.40. The molecule has 1 aliphatic heterocycles. The standard InChI is InChI=1S/C26H42N/c1-2-8-14-21(13-7-1)24-19-25(22-15-9-3-4-10-16-22)27-26(20-24)23-17-11-5-6-12-18-23/h19-23,27H,1-18H2. The highest BCUT2D eigenvalue weighted by atomic mass is 14.9. The Morgan fingerprint density at radius 1 is 0.481 bits per heavy atom. The highest BCUT2D eigenvalue weighted by Gasteiger charge is 2.30. The Bertz CT molecular complexity index is 492. The third kappa shape index (κ3) is 5.42. The summed E-state index contributed by atoms with van der Waals surface area (Å²) in [6.45, 7) is 0. The molecule has 1 heterocycles. The fourth-order valence-corrected chi connectivity index (χ4v) is 6.11. The van der Waals surface area contributed by atoms with Crippen molar-refractivity contribution in [1.82, 2.24) is 5.32 Å². The van der Waals surface area contributed by atoms with E-state index in [4.69, 9.17) is 0 Å². The van der Waals surface area contributed by atoms with Crippen molar-refractivity contribution in [1.29, 1.82) is 0 Å². The van der Waals surface area contributed by atoms with E-state index in [0.29, 0.717) is 0 Å². The van der Waals surface area contributed by atoms with Gasteiger partial charge in [-0.3, -0.25) is 0 Å². The van der Waals surface area contributed by atoms with Crippen LogP contribution in [0.4, 0.5) is 0 Å². The van der Waals surface area contributed by atoms with E-state index in [1.165, 1.54) is 116 Å². The molecular formula is C26H42N. The molecule has 1 radical (unpaired) electrons. The van der Waals surface area contributed by atoms with Crippen molar-refractivity contribution in [2.24, 2.45) is 17.8 Å². The van der Waals surface area contributed by atoms with Gasteiger partial charge in [-0.05, 0) is 67.9 Å². The summed E-state index contributed by atoms with van der Waals surface area (Å²) in [6.07, 6.45) is 31.1. The van der Waals surface area contributed by atoms with Gasteiger partial charge in [0.05, 0.1) is 6.04 Å². The zero-order valence-electron chi connectivity index (χ0n) is 17.6. The average Bonchev–Trinajstić information content (AvgIpc) is 3.23. The zero-order chi connectivity index (χ0) is 18.3. The molecule has 4 rings (SSSR count). The average molecular weight is 369 g/mol. The van der Waals surface area contributed by atoms with Crippen LogP contribution >= 0.6 is 0 Å². The topological polar surface area (TPSA) is 12.0 Å². The summed E-state index contributed by atoms with van der Waals surface area (Å²) in [4.78, 5) is 0. The summed E-state index contributed by atoms with van der Waals surface area (Å²) in [5, 5.41) is 4.03. The predicted octanol–water partition coefficient (Wildman–Crippen LogP) is 7.84. The van der Waals surface area contributed by atoms with Crippen LogP contribution in [0.5, 0.6) is 0 Å². The Kier molecular flexibility index (Phi) is 7.38. The molecule has 0 amide bonds. The van der Waals surface area contributed by atoms with Crippen LogP contribution in [0, 0.1) is 23.8 Å². The second-order valence-electron chi connectivity index (χ2n) is 9.89. The molecule has 3 fully saturated rings. The minimum atomic E-state index is 0.794. The smallest absolute Gasteiger partial charge is 0.0857 e. The Hall–Kier alpha value is -0.720. The van der Waals surface area contributed by atoms with Crippen molar-refractivity contribution >= 4 is 0 Å². The lowest BCUT2D eigenvalue weighted by Gasteiger charge is -2.34. The second kappa shape index (κ2) is 10.2. The molecule has 0 aromatic heterocycles. The maximum absolute atomic E-state index is 4.03. The highest BCUT2D eigenvalue weighted by molar-refractivity contribution is 5.38. The monoisotopic (exact) mass is 368 g/mol. The van der Waals surface area contributed by atoms with Gasteiger partial charge in [0.15, 0.2) is 0 Å². The maximum atomic E-state index is 4.03. The third-order valence-corrected chi connectivity index (χ3v) is 7.85. The van der Waals surface area contributed by atoms with Gasteiger partial charge in [0.25, 0.3) is 0 Å². The molecule has 0 aromatic rings. The van der Waals surface area contributed by atoms with E-state index in [9.17, 15) is 0 Å².